The Morgan fingerprint density at radius 1 is 1.27 bits per heavy atom. The molecule has 1 aromatic rings. The molecule has 3 saturated heterocycles. The normalized spacial score (nSPS) is 27.3. The summed E-state index contributed by atoms with van der Waals surface area (Å²) in [7, 11) is 0. The van der Waals surface area contributed by atoms with Gasteiger partial charge in [-0.2, -0.15) is 0 Å². The van der Waals surface area contributed by atoms with Gasteiger partial charge in [0.05, 0.1) is 31.6 Å². The predicted molar refractivity (Wildman–Crippen MR) is 80.6 cm³/mol. The largest absolute Gasteiger partial charge is 0.370 e. The SMILES string of the molecule is Cc1cnc(C(=O)N2CC3(CC(N4CCCC4)CO3)C2)cn1. The summed E-state index contributed by atoms with van der Waals surface area (Å²) in [6.45, 7) is 6.45. The zero-order chi connectivity index (χ0) is 15.2. The number of carbonyl (C=O) groups is 1. The van der Waals surface area contributed by atoms with Gasteiger partial charge in [-0.1, -0.05) is 0 Å². The predicted octanol–water partition coefficient (Wildman–Crippen LogP) is 0.864. The van der Waals surface area contributed by atoms with Gasteiger partial charge < -0.3 is 9.64 Å². The molecule has 4 heterocycles. The van der Waals surface area contributed by atoms with Crippen molar-refractivity contribution in [1.82, 2.24) is 19.8 Å². The third-order valence-corrected chi connectivity index (χ3v) is 5.09. The van der Waals surface area contributed by atoms with Gasteiger partial charge in [0.25, 0.3) is 5.91 Å². The van der Waals surface area contributed by atoms with Crippen molar-refractivity contribution in [2.24, 2.45) is 0 Å². The summed E-state index contributed by atoms with van der Waals surface area (Å²) in [5.74, 6) is -0.0358. The van der Waals surface area contributed by atoms with E-state index in [1.807, 2.05) is 11.8 Å². The Balaban J connectivity index is 1.35. The Bertz CT molecular complexity index is 562. The fourth-order valence-electron chi connectivity index (χ4n) is 3.84. The molecule has 3 aliphatic heterocycles. The lowest BCUT2D eigenvalue weighted by Crippen LogP contribution is -2.63. The summed E-state index contributed by atoms with van der Waals surface area (Å²) >= 11 is 0. The van der Waals surface area contributed by atoms with Crippen LogP contribution in [0.5, 0.6) is 0 Å². The molecule has 0 radical (unpaired) electrons. The Morgan fingerprint density at radius 3 is 2.73 bits per heavy atom. The van der Waals surface area contributed by atoms with Gasteiger partial charge in [-0.3, -0.25) is 14.7 Å². The molecular weight excluding hydrogens is 280 g/mol. The van der Waals surface area contributed by atoms with Crippen LogP contribution in [-0.2, 0) is 4.74 Å². The average Bonchev–Trinajstić information content (AvgIpc) is 3.15. The second-order valence-electron chi connectivity index (χ2n) is 6.80. The van der Waals surface area contributed by atoms with Gasteiger partial charge >= 0.3 is 0 Å². The van der Waals surface area contributed by atoms with E-state index in [0.29, 0.717) is 24.8 Å². The quantitative estimate of drug-likeness (QED) is 0.811. The molecule has 3 fully saturated rings. The molecule has 1 aromatic heterocycles. The van der Waals surface area contributed by atoms with E-state index in [9.17, 15) is 4.79 Å². The first kappa shape index (κ1) is 14.1. The van der Waals surface area contributed by atoms with E-state index in [4.69, 9.17) is 4.74 Å². The van der Waals surface area contributed by atoms with E-state index in [1.165, 1.54) is 25.9 Å². The van der Waals surface area contributed by atoms with Crippen molar-refractivity contribution in [3.63, 3.8) is 0 Å². The van der Waals surface area contributed by atoms with Gasteiger partial charge in [-0.25, -0.2) is 4.98 Å². The fourth-order valence-corrected chi connectivity index (χ4v) is 3.84. The Hall–Kier alpha value is -1.53. The van der Waals surface area contributed by atoms with Gasteiger partial charge in [0.2, 0.25) is 0 Å². The van der Waals surface area contributed by atoms with Crippen LogP contribution in [0.4, 0.5) is 0 Å². The average molecular weight is 302 g/mol. The van der Waals surface area contributed by atoms with Crippen molar-refractivity contribution in [3.8, 4) is 0 Å². The number of amides is 1. The maximum Gasteiger partial charge on any atom is 0.274 e. The van der Waals surface area contributed by atoms with Gasteiger partial charge in [0, 0.05) is 12.2 Å². The van der Waals surface area contributed by atoms with Crippen molar-refractivity contribution in [1.29, 1.82) is 0 Å². The number of aromatic nitrogens is 2. The zero-order valence-electron chi connectivity index (χ0n) is 13.0. The first-order chi connectivity index (χ1) is 10.7. The summed E-state index contributed by atoms with van der Waals surface area (Å²) < 4.78 is 6.07. The van der Waals surface area contributed by atoms with Crippen LogP contribution in [0.25, 0.3) is 0 Å². The van der Waals surface area contributed by atoms with E-state index in [2.05, 4.69) is 14.9 Å². The number of rotatable bonds is 2. The maximum absolute atomic E-state index is 12.4. The van der Waals surface area contributed by atoms with Crippen LogP contribution in [0.2, 0.25) is 0 Å². The Kier molecular flexibility index (Phi) is 3.38. The minimum atomic E-state index is -0.110. The molecule has 0 aromatic carbocycles. The lowest BCUT2D eigenvalue weighted by Gasteiger charge is -2.47. The summed E-state index contributed by atoms with van der Waals surface area (Å²) in [5.41, 5.74) is 1.14. The standard InChI is InChI=1S/C16H22N4O2/c1-12-7-18-14(8-17-12)15(21)20-10-16(11-20)6-13(9-22-16)19-4-2-3-5-19/h7-8,13H,2-6,9-11H2,1H3. The van der Waals surface area contributed by atoms with Crippen molar-refractivity contribution >= 4 is 5.91 Å². The van der Waals surface area contributed by atoms with Crippen LogP contribution in [-0.4, -0.2) is 70.1 Å². The number of hydrogen-bond donors (Lipinski definition) is 0. The number of hydrogen-bond acceptors (Lipinski definition) is 5. The molecule has 1 amide bonds. The van der Waals surface area contributed by atoms with Gasteiger partial charge in [-0.05, 0) is 39.3 Å². The molecule has 0 saturated carbocycles. The lowest BCUT2D eigenvalue weighted by atomic mass is 9.89. The van der Waals surface area contributed by atoms with Crippen molar-refractivity contribution in [2.45, 2.75) is 37.8 Å². The summed E-state index contributed by atoms with van der Waals surface area (Å²) in [4.78, 5) is 25.1. The highest BCUT2D eigenvalue weighted by Crippen LogP contribution is 2.38. The smallest absolute Gasteiger partial charge is 0.274 e. The zero-order valence-corrected chi connectivity index (χ0v) is 13.0. The summed E-state index contributed by atoms with van der Waals surface area (Å²) in [5, 5.41) is 0. The topological polar surface area (TPSA) is 58.6 Å². The van der Waals surface area contributed by atoms with Gasteiger partial charge in [0.15, 0.2) is 0 Å². The molecular formula is C16H22N4O2. The number of aryl methyl sites for hydroxylation is 1. The van der Waals surface area contributed by atoms with E-state index in [-0.39, 0.29) is 11.5 Å². The van der Waals surface area contributed by atoms with Crippen molar-refractivity contribution < 1.29 is 9.53 Å². The van der Waals surface area contributed by atoms with Crippen molar-refractivity contribution in [2.75, 3.05) is 32.8 Å². The van der Waals surface area contributed by atoms with E-state index in [1.54, 1.807) is 12.4 Å². The highest BCUT2D eigenvalue weighted by molar-refractivity contribution is 5.92. The van der Waals surface area contributed by atoms with E-state index < -0.39 is 0 Å². The summed E-state index contributed by atoms with van der Waals surface area (Å²) in [6, 6.07) is 0.541. The molecule has 1 atom stereocenters. The molecule has 6 heteroatoms. The van der Waals surface area contributed by atoms with Gasteiger partial charge in [-0.15, -0.1) is 0 Å². The van der Waals surface area contributed by atoms with E-state index in [0.717, 1.165) is 18.7 Å². The molecule has 0 N–H and O–H groups in total. The first-order valence-electron chi connectivity index (χ1n) is 8.11. The summed E-state index contributed by atoms with van der Waals surface area (Å²) in [6.07, 6.45) is 6.86. The highest BCUT2D eigenvalue weighted by atomic mass is 16.5. The molecule has 0 bridgehead atoms. The first-order valence-corrected chi connectivity index (χ1v) is 8.11. The molecule has 22 heavy (non-hydrogen) atoms. The Morgan fingerprint density at radius 2 is 2.05 bits per heavy atom. The fraction of sp³-hybridized carbons (Fsp3) is 0.688. The molecule has 3 aliphatic rings. The number of nitrogens with zero attached hydrogens (tertiary/aromatic N) is 4. The van der Waals surface area contributed by atoms with Crippen molar-refractivity contribution in [3.05, 3.63) is 23.8 Å². The molecule has 0 aliphatic carbocycles. The molecule has 1 unspecified atom stereocenters. The minimum absolute atomic E-state index is 0.0358. The Labute approximate surface area is 130 Å². The molecule has 6 nitrogen and oxygen atoms in total. The molecule has 1 spiro atoms. The van der Waals surface area contributed by atoms with Gasteiger partial charge in [0.1, 0.15) is 11.3 Å². The van der Waals surface area contributed by atoms with Crippen LogP contribution in [0.1, 0.15) is 35.4 Å². The number of ether oxygens (including phenoxy) is 1. The highest BCUT2D eigenvalue weighted by Gasteiger charge is 2.52. The van der Waals surface area contributed by atoms with Crippen LogP contribution < -0.4 is 0 Å². The van der Waals surface area contributed by atoms with E-state index >= 15 is 0 Å². The number of carbonyl (C=O) groups excluding carboxylic acids is 1. The van der Waals surface area contributed by atoms with Crippen LogP contribution in [0.3, 0.4) is 0 Å². The third kappa shape index (κ3) is 2.40. The van der Waals surface area contributed by atoms with Crippen LogP contribution in [0.15, 0.2) is 12.4 Å². The minimum Gasteiger partial charge on any atom is -0.370 e. The monoisotopic (exact) mass is 302 g/mol. The maximum atomic E-state index is 12.4. The molecule has 118 valence electrons. The third-order valence-electron chi connectivity index (χ3n) is 5.09. The number of likely N-dealkylation sites (tertiary alicyclic amines) is 2. The lowest BCUT2D eigenvalue weighted by molar-refractivity contribution is -0.0952. The van der Waals surface area contributed by atoms with Crippen LogP contribution >= 0.6 is 0 Å². The van der Waals surface area contributed by atoms with Crippen LogP contribution in [0, 0.1) is 6.92 Å². The second-order valence-corrected chi connectivity index (χ2v) is 6.80. The second kappa shape index (κ2) is 5.28. The molecule has 4 rings (SSSR count).